The molecule has 1 N–H and O–H groups in total. The zero-order chi connectivity index (χ0) is 6.95. The van der Waals surface area contributed by atoms with Gasteiger partial charge in [0.05, 0.1) is 7.05 Å². The van der Waals surface area contributed by atoms with Gasteiger partial charge in [-0.05, 0) is 18.4 Å². The Labute approximate surface area is 60.4 Å². The molecule has 0 saturated carbocycles. The molecule has 54 valence electrons. The minimum Gasteiger partial charge on any atom is -0.234 e. The Hall–Kier alpha value is -0.250. The summed E-state index contributed by atoms with van der Waals surface area (Å²) in [5, 5.41) is 7.11. The van der Waals surface area contributed by atoms with Crippen LogP contribution in [0.25, 0.3) is 0 Å². The molecule has 0 bridgehead atoms. The van der Waals surface area contributed by atoms with Gasteiger partial charge in [0, 0.05) is 5.75 Å². The van der Waals surface area contributed by atoms with Gasteiger partial charge in [-0.1, -0.05) is 18.6 Å². The predicted molar refractivity (Wildman–Crippen MR) is 41.3 cm³/mol. The fraction of sp³-hybridized carbons (Fsp3) is 1.00. The van der Waals surface area contributed by atoms with Gasteiger partial charge in [0.2, 0.25) is 0 Å². The van der Waals surface area contributed by atoms with Gasteiger partial charge >= 0.3 is 0 Å². The van der Waals surface area contributed by atoms with Crippen LogP contribution in [0.2, 0.25) is 0 Å². The highest BCUT2D eigenvalue weighted by Gasteiger charge is 1.82. The van der Waals surface area contributed by atoms with Crippen LogP contribution in [0.1, 0.15) is 19.8 Å². The molecule has 0 aromatic carbocycles. The molecule has 0 heterocycles. The van der Waals surface area contributed by atoms with E-state index in [4.69, 9.17) is 0 Å². The maximum absolute atomic E-state index is 3.58. The van der Waals surface area contributed by atoms with E-state index in [1.807, 2.05) is 0 Å². The Morgan fingerprint density at radius 1 is 1.56 bits per heavy atom. The van der Waals surface area contributed by atoms with E-state index in [0.717, 1.165) is 5.75 Å². The van der Waals surface area contributed by atoms with Crippen molar-refractivity contribution < 1.29 is 0 Å². The van der Waals surface area contributed by atoms with E-state index in [0.29, 0.717) is 0 Å². The van der Waals surface area contributed by atoms with Crippen molar-refractivity contribution >= 4 is 11.9 Å². The first-order valence-electron chi connectivity index (χ1n) is 3.07. The Kier molecular flexibility index (Phi) is 7.53. The molecule has 0 aliphatic heterocycles. The normalized spacial score (nSPS) is 10.4. The standard InChI is InChI=1S/C5H13N3S/c1-3-4-5-9-8-7-6-2/h3-5H2,1-2H3,(H,6,8). The summed E-state index contributed by atoms with van der Waals surface area (Å²) >= 11 is 1.59. The molecule has 3 nitrogen and oxygen atoms in total. The highest BCUT2D eigenvalue weighted by atomic mass is 32.2. The fourth-order valence-corrected chi connectivity index (χ4v) is 0.996. The molecule has 0 aliphatic rings. The smallest absolute Gasteiger partial charge is 0.0509 e. The van der Waals surface area contributed by atoms with E-state index in [9.17, 15) is 0 Å². The van der Waals surface area contributed by atoms with Crippen LogP contribution in [-0.4, -0.2) is 12.8 Å². The molecule has 0 unspecified atom stereocenters. The number of nitrogens with zero attached hydrogens (tertiary/aromatic N) is 2. The summed E-state index contributed by atoms with van der Waals surface area (Å²) in [5.41, 5.74) is 0. The molecule has 0 spiro atoms. The molecular formula is C5H13N3S. The van der Waals surface area contributed by atoms with Crippen LogP contribution in [0.3, 0.4) is 0 Å². The Balaban J connectivity index is 2.75. The summed E-state index contributed by atoms with van der Waals surface area (Å²) in [7, 11) is 1.65. The Bertz CT molecular complexity index is 74.6. The lowest BCUT2D eigenvalue weighted by Crippen LogP contribution is -1.91. The van der Waals surface area contributed by atoms with Crippen molar-refractivity contribution in [1.29, 1.82) is 0 Å². The van der Waals surface area contributed by atoms with E-state index >= 15 is 0 Å². The largest absolute Gasteiger partial charge is 0.234 e. The van der Waals surface area contributed by atoms with Gasteiger partial charge in [0.25, 0.3) is 0 Å². The molecule has 4 heteroatoms. The average molecular weight is 147 g/mol. The number of hydrogen-bond acceptors (Lipinski definition) is 3. The summed E-state index contributed by atoms with van der Waals surface area (Å²) in [6, 6.07) is 0. The summed E-state index contributed by atoms with van der Waals surface area (Å²) in [5.74, 6) is 1.11. The second-order valence-corrected chi connectivity index (χ2v) is 2.47. The quantitative estimate of drug-likeness (QED) is 0.279. The van der Waals surface area contributed by atoms with Crippen LogP contribution >= 0.6 is 11.9 Å². The second-order valence-electron chi connectivity index (χ2n) is 1.59. The maximum atomic E-state index is 3.58. The molecule has 0 atom stereocenters. The van der Waals surface area contributed by atoms with Gasteiger partial charge in [-0.15, -0.1) is 0 Å². The highest BCUT2D eigenvalue weighted by Crippen LogP contribution is 1.98. The van der Waals surface area contributed by atoms with E-state index in [1.54, 1.807) is 19.0 Å². The molecule has 0 amide bonds. The van der Waals surface area contributed by atoms with Crippen LogP contribution in [0.4, 0.5) is 0 Å². The lowest BCUT2D eigenvalue weighted by atomic mass is 10.4. The van der Waals surface area contributed by atoms with Gasteiger partial charge in [0.15, 0.2) is 0 Å². The van der Waals surface area contributed by atoms with Crippen molar-refractivity contribution in [2.45, 2.75) is 19.8 Å². The highest BCUT2D eigenvalue weighted by molar-refractivity contribution is 7.97. The molecule has 0 aromatic heterocycles. The summed E-state index contributed by atoms with van der Waals surface area (Å²) in [6.07, 6.45) is 2.47. The fourth-order valence-electron chi connectivity index (χ4n) is 0.332. The van der Waals surface area contributed by atoms with E-state index in [1.165, 1.54) is 12.8 Å². The topological polar surface area (TPSA) is 36.8 Å². The maximum Gasteiger partial charge on any atom is 0.0509 e. The monoisotopic (exact) mass is 147 g/mol. The van der Waals surface area contributed by atoms with Crippen molar-refractivity contribution in [1.82, 2.24) is 4.83 Å². The van der Waals surface area contributed by atoms with Crippen molar-refractivity contribution in [3.8, 4) is 0 Å². The zero-order valence-corrected chi connectivity index (χ0v) is 6.74. The number of nitrogens with one attached hydrogen (secondary N) is 1. The van der Waals surface area contributed by atoms with Gasteiger partial charge in [-0.2, -0.15) is 5.11 Å². The zero-order valence-electron chi connectivity index (χ0n) is 5.92. The minimum absolute atomic E-state index is 1.11. The summed E-state index contributed by atoms with van der Waals surface area (Å²) < 4.78 is 0. The number of rotatable bonds is 5. The molecule has 0 saturated heterocycles. The van der Waals surface area contributed by atoms with Crippen LogP contribution in [0, 0.1) is 0 Å². The minimum atomic E-state index is 1.11. The Morgan fingerprint density at radius 3 is 2.89 bits per heavy atom. The second kappa shape index (κ2) is 7.75. The van der Waals surface area contributed by atoms with Gasteiger partial charge in [0.1, 0.15) is 0 Å². The van der Waals surface area contributed by atoms with E-state index in [2.05, 4.69) is 22.1 Å². The van der Waals surface area contributed by atoms with E-state index in [-0.39, 0.29) is 0 Å². The average Bonchev–Trinajstić information content (AvgIpc) is 1.89. The third kappa shape index (κ3) is 7.75. The molecule has 0 radical (unpaired) electrons. The number of unbranched alkanes of at least 4 members (excludes halogenated alkanes) is 1. The van der Waals surface area contributed by atoms with Crippen LogP contribution in [-0.2, 0) is 0 Å². The van der Waals surface area contributed by atoms with Crippen molar-refractivity contribution in [2.24, 2.45) is 10.3 Å². The van der Waals surface area contributed by atoms with Crippen molar-refractivity contribution in [3.63, 3.8) is 0 Å². The van der Waals surface area contributed by atoms with Gasteiger partial charge in [-0.3, -0.25) is 0 Å². The molecular weight excluding hydrogens is 134 g/mol. The molecule has 9 heavy (non-hydrogen) atoms. The molecule has 0 aromatic rings. The SMILES string of the molecule is CCCCSNN=NC. The third-order valence-corrected chi connectivity index (χ3v) is 1.51. The van der Waals surface area contributed by atoms with Gasteiger partial charge < -0.3 is 0 Å². The van der Waals surface area contributed by atoms with Crippen LogP contribution in [0.15, 0.2) is 10.3 Å². The van der Waals surface area contributed by atoms with Crippen molar-refractivity contribution in [2.75, 3.05) is 12.8 Å². The number of hydrogen-bond donors (Lipinski definition) is 1. The first kappa shape index (κ1) is 8.75. The lowest BCUT2D eigenvalue weighted by molar-refractivity contribution is 0.883. The summed E-state index contributed by atoms with van der Waals surface area (Å²) in [4.78, 5) is 2.74. The van der Waals surface area contributed by atoms with E-state index < -0.39 is 0 Å². The first-order valence-corrected chi connectivity index (χ1v) is 4.06. The van der Waals surface area contributed by atoms with Gasteiger partial charge in [-0.25, -0.2) is 4.83 Å². The molecule has 0 rings (SSSR count). The predicted octanol–water partition coefficient (Wildman–Crippen LogP) is 2.02. The summed E-state index contributed by atoms with van der Waals surface area (Å²) in [6.45, 7) is 2.17. The first-order chi connectivity index (χ1) is 4.41. The Morgan fingerprint density at radius 2 is 2.33 bits per heavy atom. The van der Waals surface area contributed by atoms with Crippen molar-refractivity contribution in [3.05, 3.63) is 0 Å². The molecule has 0 aliphatic carbocycles. The molecule has 0 fully saturated rings. The van der Waals surface area contributed by atoms with Crippen LogP contribution < -0.4 is 4.83 Å². The van der Waals surface area contributed by atoms with Crippen LogP contribution in [0.5, 0.6) is 0 Å². The lowest BCUT2D eigenvalue weighted by Gasteiger charge is -1.94. The third-order valence-electron chi connectivity index (χ3n) is 0.805.